The van der Waals surface area contributed by atoms with Crippen LogP contribution in [0, 0.1) is 13.8 Å². The molecular formula is C21H21NO. The lowest BCUT2D eigenvalue weighted by molar-refractivity contribution is 0.302. The Morgan fingerprint density at radius 3 is 2.09 bits per heavy atom. The zero-order chi connectivity index (χ0) is 16.1. The van der Waals surface area contributed by atoms with Gasteiger partial charge in [-0.05, 0) is 25.0 Å². The van der Waals surface area contributed by atoms with E-state index in [0.717, 1.165) is 29.1 Å². The predicted octanol–water partition coefficient (Wildman–Crippen LogP) is 4.87. The van der Waals surface area contributed by atoms with E-state index >= 15 is 0 Å². The highest BCUT2D eigenvalue weighted by Crippen LogP contribution is 2.26. The summed E-state index contributed by atoms with van der Waals surface area (Å²) in [6, 6.07) is 22.7. The van der Waals surface area contributed by atoms with Gasteiger partial charge in [-0.3, -0.25) is 4.98 Å². The second-order valence-electron chi connectivity index (χ2n) is 5.76. The van der Waals surface area contributed by atoms with Crippen molar-refractivity contribution in [2.45, 2.75) is 26.9 Å². The number of aryl methyl sites for hydroxylation is 2. The van der Waals surface area contributed by atoms with Crippen molar-refractivity contribution in [1.82, 2.24) is 4.98 Å². The molecule has 0 bridgehead atoms. The maximum absolute atomic E-state index is 6.12. The number of rotatable bonds is 5. The fourth-order valence-corrected chi connectivity index (χ4v) is 2.70. The summed E-state index contributed by atoms with van der Waals surface area (Å²) < 4.78 is 6.12. The molecule has 0 radical (unpaired) electrons. The quantitative estimate of drug-likeness (QED) is 0.671. The second kappa shape index (κ2) is 7.10. The van der Waals surface area contributed by atoms with Crippen molar-refractivity contribution in [3.8, 4) is 5.75 Å². The predicted molar refractivity (Wildman–Crippen MR) is 93.7 cm³/mol. The summed E-state index contributed by atoms with van der Waals surface area (Å²) in [4.78, 5) is 4.61. The molecule has 3 rings (SSSR count). The summed E-state index contributed by atoms with van der Waals surface area (Å²) in [6.07, 6.45) is 0.837. The molecule has 1 heterocycles. The number of nitrogens with zero attached hydrogens (tertiary/aromatic N) is 1. The summed E-state index contributed by atoms with van der Waals surface area (Å²) in [6.45, 7) is 4.64. The van der Waals surface area contributed by atoms with Gasteiger partial charge >= 0.3 is 0 Å². The van der Waals surface area contributed by atoms with E-state index in [1.54, 1.807) is 0 Å². The standard InChI is InChI=1S/C21H21NO/c1-16-13-21(23-15-19-11-7-4-8-12-19)20(17(2)22-16)14-18-9-5-3-6-10-18/h3-13H,14-15H2,1-2H3. The van der Waals surface area contributed by atoms with E-state index in [-0.39, 0.29) is 0 Å². The fraction of sp³-hybridized carbons (Fsp3) is 0.190. The van der Waals surface area contributed by atoms with Crippen LogP contribution < -0.4 is 4.74 Å². The van der Waals surface area contributed by atoms with Crippen LogP contribution in [0.15, 0.2) is 66.7 Å². The van der Waals surface area contributed by atoms with E-state index in [4.69, 9.17) is 4.74 Å². The van der Waals surface area contributed by atoms with Crippen molar-refractivity contribution in [2.24, 2.45) is 0 Å². The minimum absolute atomic E-state index is 0.575. The van der Waals surface area contributed by atoms with Gasteiger partial charge < -0.3 is 4.74 Å². The Bertz CT molecular complexity index is 767. The largest absolute Gasteiger partial charge is 0.488 e. The summed E-state index contributed by atoms with van der Waals surface area (Å²) in [7, 11) is 0. The van der Waals surface area contributed by atoms with Gasteiger partial charge in [-0.25, -0.2) is 0 Å². The molecule has 2 aromatic carbocycles. The van der Waals surface area contributed by atoms with E-state index in [1.165, 1.54) is 11.1 Å². The molecule has 2 nitrogen and oxygen atoms in total. The summed E-state index contributed by atoms with van der Waals surface area (Å²) in [5, 5.41) is 0. The Labute approximate surface area is 137 Å². The summed E-state index contributed by atoms with van der Waals surface area (Å²) in [5.41, 5.74) is 5.63. The van der Waals surface area contributed by atoms with Gasteiger partial charge in [0.15, 0.2) is 0 Å². The molecule has 0 aliphatic carbocycles. The van der Waals surface area contributed by atoms with Crippen LogP contribution in [0.2, 0.25) is 0 Å². The zero-order valence-electron chi connectivity index (χ0n) is 13.6. The molecule has 1 aromatic heterocycles. The molecule has 23 heavy (non-hydrogen) atoms. The minimum Gasteiger partial charge on any atom is -0.488 e. The van der Waals surface area contributed by atoms with Crippen molar-refractivity contribution < 1.29 is 4.74 Å². The normalized spacial score (nSPS) is 10.5. The third-order valence-corrected chi connectivity index (χ3v) is 3.88. The number of aromatic nitrogens is 1. The number of benzene rings is 2. The van der Waals surface area contributed by atoms with E-state index in [9.17, 15) is 0 Å². The van der Waals surface area contributed by atoms with Crippen LogP contribution in [-0.2, 0) is 13.0 Å². The molecule has 0 aliphatic heterocycles. The molecule has 2 heteroatoms. The summed E-state index contributed by atoms with van der Waals surface area (Å²) >= 11 is 0. The highest BCUT2D eigenvalue weighted by molar-refractivity contribution is 5.41. The first-order valence-corrected chi connectivity index (χ1v) is 7.90. The van der Waals surface area contributed by atoms with Crippen molar-refractivity contribution in [2.75, 3.05) is 0 Å². The topological polar surface area (TPSA) is 22.1 Å². The third kappa shape index (κ3) is 3.98. The molecule has 0 amide bonds. The first-order valence-electron chi connectivity index (χ1n) is 7.90. The molecule has 0 spiro atoms. The Morgan fingerprint density at radius 1 is 0.826 bits per heavy atom. The van der Waals surface area contributed by atoms with Gasteiger partial charge in [0, 0.05) is 29.4 Å². The molecule has 0 saturated heterocycles. The second-order valence-corrected chi connectivity index (χ2v) is 5.76. The molecule has 0 saturated carbocycles. The average molecular weight is 303 g/mol. The van der Waals surface area contributed by atoms with E-state index < -0.39 is 0 Å². The number of hydrogen-bond donors (Lipinski definition) is 0. The maximum Gasteiger partial charge on any atom is 0.126 e. The van der Waals surface area contributed by atoms with Crippen LogP contribution in [0.25, 0.3) is 0 Å². The minimum atomic E-state index is 0.575. The molecule has 0 N–H and O–H groups in total. The van der Waals surface area contributed by atoms with Crippen LogP contribution in [0.5, 0.6) is 5.75 Å². The van der Waals surface area contributed by atoms with Crippen LogP contribution in [-0.4, -0.2) is 4.98 Å². The number of pyridine rings is 1. The van der Waals surface area contributed by atoms with Crippen molar-refractivity contribution in [3.05, 3.63) is 94.8 Å². The third-order valence-electron chi connectivity index (χ3n) is 3.88. The molecule has 0 fully saturated rings. The van der Waals surface area contributed by atoms with Crippen LogP contribution in [0.3, 0.4) is 0 Å². The maximum atomic E-state index is 6.12. The zero-order valence-corrected chi connectivity index (χ0v) is 13.6. The van der Waals surface area contributed by atoms with Crippen molar-refractivity contribution in [1.29, 1.82) is 0 Å². The van der Waals surface area contributed by atoms with Crippen LogP contribution in [0.4, 0.5) is 0 Å². The number of ether oxygens (including phenoxy) is 1. The van der Waals surface area contributed by atoms with Gasteiger partial charge in [-0.1, -0.05) is 60.7 Å². The molecule has 0 unspecified atom stereocenters. The van der Waals surface area contributed by atoms with Crippen LogP contribution >= 0.6 is 0 Å². The van der Waals surface area contributed by atoms with E-state index in [0.29, 0.717) is 6.61 Å². The highest BCUT2D eigenvalue weighted by atomic mass is 16.5. The average Bonchev–Trinajstić information content (AvgIpc) is 2.57. The van der Waals surface area contributed by atoms with Gasteiger partial charge in [0.1, 0.15) is 12.4 Å². The first kappa shape index (κ1) is 15.3. The smallest absolute Gasteiger partial charge is 0.126 e. The molecule has 116 valence electrons. The van der Waals surface area contributed by atoms with Crippen molar-refractivity contribution in [3.63, 3.8) is 0 Å². The lowest BCUT2D eigenvalue weighted by Crippen LogP contribution is -2.04. The molecule has 0 atom stereocenters. The first-order chi connectivity index (χ1) is 11.2. The monoisotopic (exact) mass is 303 g/mol. The van der Waals surface area contributed by atoms with E-state index in [1.807, 2.05) is 37.3 Å². The van der Waals surface area contributed by atoms with Crippen LogP contribution in [0.1, 0.15) is 28.1 Å². The van der Waals surface area contributed by atoms with Gasteiger partial charge in [-0.2, -0.15) is 0 Å². The van der Waals surface area contributed by atoms with Crippen molar-refractivity contribution >= 4 is 0 Å². The Kier molecular flexibility index (Phi) is 4.72. The van der Waals surface area contributed by atoms with Gasteiger partial charge in [-0.15, -0.1) is 0 Å². The number of hydrogen-bond acceptors (Lipinski definition) is 2. The lowest BCUT2D eigenvalue weighted by Gasteiger charge is -2.15. The molecule has 0 aliphatic rings. The fourth-order valence-electron chi connectivity index (χ4n) is 2.70. The summed E-state index contributed by atoms with van der Waals surface area (Å²) in [5.74, 6) is 0.933. The molecule has 3 aromatic rings. The lowest BCUT2D eigenvalue weighted by atomic mass is 10.0. The van der Waals surface area contributed by atoms with Gasteiger partial charge in [0.05, 0.1) is 0 Å². The van der Waals surface area contributed by atoms with E-state index in [2.05, 4.69) is 48.3 Å². The Balaban J connectivity index is 1.86. The SMILES string of the molecule is Cc1cc(OCc2ccccc2)c(Cc2ccccc2)c(C)n1. The Morgan fingerprint density at radius 2 is 1.43 bits per heavy atom. The van der Waals surface area contributed by atoms with Gasteiger partial charge in [0.2, 0.25) is 0 Å². The highest BCUT2D eigenvalue weighted by Gasteiger charge is 2.11. The van der Waals surface area contributed by atoms with Gasteiger partial charge in [0.25, 0.3) is 0 Å². The Hall–Kier alpha value is -2.61. The molecular weight excluding hydrogens is 282 g/mol.